The van der Waals surface area contributed by atoms with Crippen LogP contribution in [0.2, 0.25) is 0 Å². The van der Waals surface area contributed by atoms with Gasteiger partial charge < -0.3 is 19.0 Å². The molecule has 1 saturated heterocycles. The average Bonchev–Trinajstić information content (AvgIpc) is 2.92. The van der Waals surface area contributed by atoms with Gasteiger partial charge in [-0.05, 0) is 19.1 Å². The first-order chi connectivity index (χ1) is 9.24. The van der Waals surface area contributed by atoms with E-state index >= 15 is 0 Å². The van der Waals surface area contributed by atoms with Gasteiger partial charge in [-0.1, -0.05) is 0 Å². The topological polar surface area (TPSA) is 58.5 Å². The molecule has 5 heteroatoms. The fraction of sp³-hybridized carbons (Fsp3) is 0.357. The van der Waals surface area contributed by atoms with Crippen molar-refractivity contribution in [3.8, 4) is 11.3 Å². The molecule has 1 fully saturated rings. The zero-order valence-corrected chi connectivity index (χ0v) is 10.8. The molecule has 0 amide bonds. The Bertz CT molecular complexity index is 603. The maximum absolute atomic E-state index is 11.8. The number of nitrogens with zero attached hydrogens (tertiary/aromatic N) is 1. The molecule has 0 bridgehead atoms. The Morgan fingerprint density at radius 3 is 3.05 bits per heavy atom. The van der Waals surface area contributed by atoms with Crippen LogP contribution in [0.3, 0.4) is 0 Å². The number of furan rings is 1. The lowest BCUT2D eigenvalue weighted by atomic mass is 10.1. The van der Waals surface area contributed by atoms with Crippen molar-refractivity contribution >= 4 is 5.69 Å². The number of aromatic amines is 1. The third kappa shape index (κ3) is 2.42. The van der Waals surface area contributed by atoms with Gasteiger partial charge in [-0.25, -0.2) is 0 Å². The van der Waals surface area contributed by atoms with Crippen molar-refractivity contribution in [1.82, 2.24) is 4.98 Å². The van der Waals surface area contributed by atoms with E-state index in [2.05, 4.69) is 16.8 Å². The average molecular weight is 260 g/mol. The molecule has 1 atom stereocenters. The number of rotatable bonds is 2. The third-order valence-corrected chi connectivity index (χ3v) is 3.36. The largest absolute Gasteiger partial charge is 0.472 e. The summed E-state index contributed by atoms with van der Waals surface area (Å²) in [5, 5.41) is 0. The summed E-state index contributed by atoms with van der Waals surface area (Å²) in [7, 11) is 0. The first-order valence-corrected chi connectivity index (χ1v) is 6.35. The van der Waals surface area contributed by atoms with Gasteiger partial charge in [0.2, 0.25) is 5.56 Å². The summed E-state index contributed by atoms with van der Waals surface area (Å²) in [6, 6.07) is 5.71. The SMILES string of the molecule is CC1COCCN1c1cc(-c2ccoc2)[nH]c(=O)c1. The van der Waals surface area contributed by atoms with Crippen LogP contribution in [0, 0.1) is 0 Å². The number of pyridine rings is 1. The number of anilines is 1. The van der Waals surface area contributed by atoms with Gasteiger partial charge in [-0.15, -0.1) is 0 Å². The Labute approximate surface area is 110 Å². The quantitative estimate of drug-likeness (QED) is 0.895. The Morgan fingerprint density at radius 1 is 1.42 bits per heavy atom. The van der Waals surface area contributed by atoms with Crippen molar-refractivity contribution in [2.75, 3.05) is 24.7 Å². The highest BCUT2D eigenvalue weighted by molar-refractivity contribution is 5.63. The maximum atomic E-state index is 11.8. The second-order valence-corrected chi connectivity index (χ2v) is 4.75. The fourth-order valence-corrected chi connectivity index (χ4v) is 2.38. The number of nitrogens with one attached hydrogen (secondary N) is 1. The molecule has 19 heavy (non-hydrogen) atoms. The van der Waals surface area contributed by atoms with Crippen LogP contribution in [-0.4, -0.2) is 30.8 Å². The van der Waals surface area contributed by atoms with Crippen LogP contribution in [0.4, 0.5) is 5.69 Å². The minimum atomic E-state index is -0.104. The maximum Gasteiger partial charge on any atom is 0.250 e. The predicted octanol–water partition coefficient (Wildman–Crippen LogP) is 1.86. The second-order valence-electron chi connectivity index (χ2n) is 4.75. The van der Waals surface area contributed by atoms with Crippen LogP contribution in [-0.2, 0) is 4.74 Å². The number of hydrogen-bond acceptors (Lipinski definition) is 4. The second kappa shape index (κ2) is 4.93. The van der Waals surface area contributed by atoms with Gasteiger partial charge >= 0.3 is 0 Å². The highest BCUT2D eigenvalue weighted by Crippen LogP contribution is 2.23. The Morgan fingerprint density at radius 2 is 2.32 bits per heavy atom. The fourth-order valence-electron chi connectivity index (χ4n) is 2.38. The lowest BCUT2D eigenvalue weighted by molar-refractivity contribution is 0.0989. The molecular weight excluding hydrogens is 244 g/mol. The molecule has 2 aromatic rings. The van der Waals surface area contributed by atoms with E-state index in [1.54, 1.807) is 18.6 Å². The first-order valence-electron chi connectivity index (χ1n) is 6.35. The van der Waals surface area contributed by atoms with Gasteiger partial charge in [-0.2, -0.15) is 0 Å². The van der Waals surface area contributed by atoms with Crippen LogP contribution in [0.15, 0.2) is 39.9 Å². The number of aromatic nitrogens is 1. The van der Waals surface area contributed by atoms with Gasteiger partial charge in [0.15, 0.2) is 0 Å². The molecule has 2 aromatic heterocycles. The molecular formula is C14H16N2O3. The van der Waals surface area contributed by atoms with Gasteiger partial charge in [0, 0.05) is 29.9 Å². The van der Waals surface area contributed by atoms with Crippen molar-refractivity contribution in [3.63, 3.8) is 0 Å². The molecule has 0 aliphatic carbocycles. The monoisotopic (exact) mass is 260 g/mol. The minimum absolute atomic E-state index is 0.104. The molecule has 1 aliphatic rings. The number of H-pyrrole nitrogens is 1. The molecule has 5 nitrogen and oxygen atoms in total. The van der Waals surface area contributed by atoms with Crippen LogP contribution < -0.4 is 10.5 Å². The van der Waals surface area contributed by atoms with E-state index in [0.717, 1.165) is 23.5 Å². The van der Waals surface area contributed by atoms with Crippen molar-refractivity contribution in [3.05, 3.63) is 41.1 Å². The Balaban J connectivity index is 2.00. The standard InChI is InChI=1S/C14H16N2O3/c1-10-8-19-5-3-16(10)12-6-13(15-14(17)7-12)11-2-4-18-9-11/h2,4,6-7,9-10H,3,5,8H2,1H3,(H,15,17). The van der Waals surface area contributed by atoms with Gasteiger partial charge in [-0.3, -0.25) is 4.79 Å². The van der Waals surface area contributed by atoms with Gasteiger partial charge in [0.25, 0.3) is 0 Å². The summed E-state index contributed by atoms with van der Waals surface area (Å²) >= 11 is 0. The zero-order valence-electron chi connectivity index (χ0n) is 10.8. The lowest BCUT2D eigenvalue weighted by Crippen LogP contribution is -2.44. The van der Waals surface area contributed by atoms with Gasteiger partial charge in [0.1, 0.15) is 0 Å². The Hall–Kier alpha value is -2.01. The number of ether oxygens (including phenoxy) is 1. The predicted molar refractivity (Wildman–Crippen MR) is 72.4 cm³/mol. The van der Waals surface area contributed by atoms with E-state index in [1.807, 2.05) is 12.1 Å². The van der Waals surface area contributed by atoms with Crippen molar-refractivity contribution in [1.29, 1.82) is 0 Å². The molecule has 3 heterocycles. The minimum Gasteiger partial charge on any atom is -0.472 e. The molecule has 100 valence electrons. The summed E-state index contributed by atoms with van der Waals surface area (Å²) in [4.78, 5) is 16.8. The molecule has 1 aliphatic heterocycles. The van der Waals surface area contributed by atoms with Crippen molar-refractivity contribution < 1.29 is 9.15 Å². The van der Waals surface area contributed by atoms with Crippen LogP contribution in [0.5, 0.6) is 0 Å². The molecule has 0 radical (unpaired) electrons. The normalized spacial score (nSPS) is 19.6. The van der Waals surface area contributed by atoms with E-state index in [4.69, 9.17) is 9.15 Å². The number of morpholine rings is 1. The highest BCUT2D eigenvalue weighted by Gasteiger charge is 2.20. The number of hydrogen-bond donors (Lipinski definition) is 1. The molecule has 0 spiro atoms. The first kappa shape index (κ1) is 12.0. The summed E-state index contributed by atoms with van der Waals surface area (Å²) in [6.07, 6.45) is 3.22. The smallest absolute Gasteiger partial charge is 0.250 e. The van der Waals surface area contributed by atoms with Crippen LogP contribution in [0.1, 0.15) is 6.92 Å². The van der Waals surface area contributed by atoms with Crippen LogP contribution in [0.25, 0.3) is 11.3 Å². The van der Waals surface area contributed by atoms with Crippen molar-refractivity contribution in [2.24, 2.45) is 0 Å². The van der Waals surface area contributed by atoms with E-state index in [9.17, 15) is 4.79 Å². The van der Waals surface area contributed by atoms with Crippen molar-refractivity contribution in [2.45, 2.75) is 13.0 Å². The molecule has 1 unspecified atom stereocenters. The molecule has 0 saturated carbocycles. The lowest BCUT2D eigenvalue weighted by Gasteiger charge is -2.35. The van der Waals surface area contributed by atoms with E-state index in [0.29, 0.717) is 13.2 Å². The Kier molecular flexibility index (Phi) is 3.13. The van der Waals surface area contributed by atoms with Gasteiger partial charge in [0.05, 0.1) is 31.4 Å². The zero-order chi connectivity index (χ0) is 13.2. The summed E-state index contributed by atoms with van der Waals surface area (Å²) in [5.41, 5.74) is 2.47. The molecule has 0 aromatic carbocycles. The summed E-state index contributed by atoms with van der Waals surface area (Å²) in [6.45, 7) is 4.28. The van der Waals surface area contributed by atoms with Crippen LogP contribution >= 0.6 is 0 Å². The highest BCUT2D eigenvalue weighted by atomic mass is 16.5. The van der Waals surface area contributed by atoms with E-state index in [1.165, 1.54) is 0 Å². The molecule has 3 rings (SSSR count). The van der Waals surface area contributed by atoms with E-state index in [-0.39, 0.29) is 11.6 Å². The summed E-state index contributed by atoms with van der Waals surface area (Å²) < 4.78 is 10.5. The molecule has 1 N–H and O–H groups in total. The third-order valence-electron chi connectivity index (χ3n) is 3.36. The van der Waals surface area contributed by atoms with E-state index < -0.39 is 0 Å². The summed E-state index contributed by atoms with van der Waals surface area (Å²) in [5.74, 6) is 0.